The molecule has 0 fully saturated rings. The molecule has 0 saturated carbocycles. The Bertz CT molecular complexity index is 815. The van der Waals surface area contributed by atoms with Crippen molar-refractivity contribution in [3.05, 3.63) is 66.0 Å². The summed E-state index contributed by atoms with van der Waals surface area (Å²) in [5.41, 5.74) is 2.23. The molecule has 0 aliphatic rings. The van der Waals surface area contributed by atoms with E-state index in [0.717, 1.165) is 28.2 Å². The minimum Gasteiger partial charge on any atom is -0.486 e. The summed E-state index contributed by atoms with van der Waals surface area (Å²) in [5, 5.41) is 9.67. The summed E-state index contributed by atoms with van der Waals surface area (Å²) >= 11 is 1.73. The van der Waals surface area contributed by atoms with E-state index < -0.39 is 0 Å². The van der Waals surface area contributed by atoms with Crippen LogP contribution < -0.4 is 4.74 Å². The highest BCUT2D eigenvalue weighted by Gasteiger charge is 2.15. The molecule has 4 nitrogen and oxygen atoms in total. The highest BCUT2D eigenvalue weighted by Crippen LogP contribution is 2.24. The van der Waals surface area contributed by atoms with E-state index in [1.165, 1.54) is 5.56 Å². The molecule has 2 aromatic carbocycles. The van der Waals surface area contributed by atoms with Crippen molar-refractivity contribution in [2.75, 3.05) is 5.75 Å². The topological polar surface area (TPSA) is 39.9 Å². The number of nitrogens with zero attached hydrogens (tertiary/aromatic N) is 3. The number of hydrogen-bond acceptors (Lipinski definition) is 4. The third-order valence-corrected chi connectivity index (χ3v) is 4.97. The van der Waals surface area contributed by atoms with E-state index in [0.29, 0.717) is 12.5 Å². The van der Waals surface area contributed by atoms with Crippen LogP contribution in [0.15, 0.2) is 59.8 Å². The fraction of sp³-hybridized carbons (Fsp3) is 0.300. The summed E-state index contributed by atoms with van der Waals surface area (Å²) in [5.74, 6) is 3.25. The maximum atomic E-state index is 5.94. The summed E-state index contributed by atoms with van der Waals surface area (Å²) in [7, 11) is 0. The maximum Gasteiger partial charge on any atom is 0.195 e. The Hall–Kier alpha value is -2.27. The van der Waals surface area contributed by atoms with Gasteiger partial charge in [-0.2, -0.15) is 0 Å². The molecule has 130 valence electrons. The number of aryl methyl sites for hydroxylation is 1. The van der Waals surface area contributed by atoms with Crippen molar-refractivity contribution < 1.29 is 4.74 Å². The van der Waals surface area contributed by atoms with E-state index in [1.807, 2.05) is 36.4 Å². The highest BCUT2D eigenvalue weighted by molar-refractivity contribution is 7.99. The molecule has 25 heavy (non-hydrogen) atoms. The van der Waals surface area contributed by atoms with Gasteiger partial charge in [-0.05, 0) is 42.7 Å². The molecule has 0 radical (unpaired) electrons. The fourth-order valence-electron chi connectivity index (χ4n) is 2.42. The van der Waals surface area contributed by atoms with Gasteiger partial charge < -0.3 is 4.74 Å². The molecule has 0 spiro atoms. The predicted octanol–water partition coefficient (Wildman–Crippen LogP) is 4.90. The van der Waals surface area contributed by atoms with Crippen LogP contribution in [-0.4, -0.2) is 20.5 Å². The van der Waals surface area contributed by atoms with E-state index >= 15 is 0 Å². The van der Waals surface area contributed by atoms with Crippen molar-refractivity contribution in [1.82, 2.24) is 14.8 Å². The number of para-hydroxylation sites is 1. The van der Waals surface area contributed by atoms with E-state index in [1.54, 1.807) is 11.8 Å². The molecule has 0 N–H and O–H groups in total. The van der Waals surface area contributed by atoms with Crippen molar-refractivity contribution in [3.63, 3.8) is 0 Å². The van der Waals surface area contributed by atoms with Crippen molar-refractivity contribution in [3.8, 4) is 11.4 Å². The molecule has 3 rings (SSSR count). The van der Waals surface area contributed by atoms with Gasteiger partial charge in [0.2, 0.25) is 0 Å². The number of rotatable bonds is 7. The first kappa shape index (κ1) is 17.5. The molecule has 0 bridgehead atoms. The minimum absolute atomic E-state index is 0.383. The summed E-state index contributed by atoms with van der Waals surface area (Å²) in [6.45, 7) is 6.85. The van der Waals surface area contributed by atoms with Gasteiger partial charge in [0.1, 0.15) is 12.4 Å². The van der Waals surface area contributed by atoms with Crippen molar-refractivity contribution in [1.29, 1.82) is 0 Å². The molecule has 0 saturated heterocycles. The summed E-state index contributed by atoms with van der Waals surface area (Å²) in [6.07, 6.45) is 0. The molecule has 0 aliphatic heterocycles. The van der Waals surface area contributed by atoms with Crippen LogP contribution in [0.4, 0.5) is 0 Å². The Balaban J connectivity index is 1.85. The van der Waals surface area contributed by atoms with E-state index in [9.17, 15) is 0 Å². The number of thioether (sulfide) groups is 1. The van der Waals surface area contributed by atoms with Crippen LogP contribution in [0.5, 0.6) is 5.75 Å². The molecule has 0 unspecified atom stereocenters. The molecular formula is C20H23N3OS. The van der Waals surface area contributed by atoms with Crippen molar-refractivity contribution >= 4 is 11.8 Å². The van der Waals surface area contributed by atoms with Gasteiger partial charge in [0.25, 0.3) is 0 Å². The zero-order valence-electron chi connectivity index (χ0n) is 14.8. The Morgan fingerprint density at radius 1 is 1.04 bits per heavy atom. The van der Waals surface area contributed by atoms with Gasteiger partial charge in [-0.1, -0.05) is 55.9 Å². The van der Waals surface area contributed by atoms with Crippen molar-refractivity contribution in [2.45, 2.75) is 32.5 Å². The molecule has 0 aliphatic carbocycles. The average Bonchev–Trinajstić information content (AvgIpc) is 3.02. The van der Waals surface area contributed by atoms with Crippen LogP contribution in [0.25, 0.3) is 5.69 Å². The zero-order valence-corrected chi connectivity index (χ0v) is 15.7. The van der Waals surface area contributed by atoms with Crippen LogP contribution >= 0.6 is 11.8 Å². The van der Waals surface area contributed by atoms with Gasteiger partial charge in [0.05, 0.1) is 0 Å². The van der Waals surface area contributed by atoms with Gasteiger partial charge in [-0.3, -0.25) is 4.57 Å². The highest BCUT2D eigenvalue weighted by atomic mass is 32.2. The number of ether oxygens (including phenoxy) is 1. The Labute approximate surface area is 153 Å². The third-order valence-electron chi connectivity index (χ3n) is 3.62. The number of aromatic nitrogens is 3. The second-order valence-corrected chi connectivity index (χ2v) is 7.37. The van der Waals surface area contributed by atoms with E-state index in [2.05, 4.69) is 53.7 Å². The van der Waals surface area contributed by atoms with Crippen molar-refractivity contribution in [2.24, 2.45) is 5.92 Å². The lowest BCUT2D eigenvalue weighted by Crippen LogP contribution is -2.07. The van der Waals surface area contributed by atoms with Crippen LogP contribution in [0.1, 0.15) is 25.2 Å². The summed E-state index contributed by atoms with van der Waals surface area (Å²) in [4.78, 5) is 0. The number of benzene rings is 2. The lowest BCUT2D eigenvalue weighted by molar-refractivity contribution is 0.292. The SMILES string of the molecule is Cc1cccc(OCc2nnc(SCC(C)C)n2-c2ccccc2)c1. The van der Waals surface area contributed by atoms with Gasteiger partial charge in [0, 0.05) is 11.4 Å². The van der Waals surface area contributed by atoms with Gasteiger partial charge in [0.15, 0.2) is 11.0 Å². The average molecular weight is 353 g/mol. The summed E-state index contributed by atoms with van der Waals surface area (Å²) in [6, 6.07) is 18.2. The number of hydrogen-bond donors (Lipinski definition) is 0. The van der Waals surface area contributed by atoms with Gasteiger partial charge >= 0.3 is 0 Å². The standard InChI is InChI=1S/C20H23N3OS/c1-15(2)14-25-20-22-21-19(23(20)17-9-5-4-6-10-17)13-24-18-11-7-8-16(3)12-18/h4-12,15H,13-14H2,1-3H3. The second-order valence-electron chi connectivity index (χ2n) is 6.38. The summed E-state index contributed by atoms with van der Waals surface area (Å²) < 4.78 is 8.03. The maximum absolute atomic E-state index is 5.94. The van der Waals surface area contributed by atoms with Crippen LogP contribution in [0, 0.1) is 12.8 Å². The smallest absolute Gasteiger partial charge is 0.195 e. The van der Waals surface area contributed by atoms with Crippen LogP contribution in [0.3, 0.4) is 0 Å². The second kappa shape index (κ2) is 8.21. The first-order chi connectivity index (χ1) is 12.1. The predicted molar refractivity (Wildman–Crippen MR) is 102 cm³/mol. The normalized spacial score (nSPS) is 11.0. The van der Waals surface area contributed by atoms with Crippen LogP contribution in [-0.2, 0) is 6.61 Å². The molecule has 1 aromatic heterocycles. The largest absolute Gasteiger partial charge is 0.486 e. The fourth-order valence-corrected chi connectivity index (χ4v) is 3.34. The molecule has 1 heterocycles. The molecular weight excluding hydrogens is 330 g/mol. The first-order valence-electron chi connectivity index (χ1n) is 8.45. The molecule has 0 atom stereocenters. The van der Waals surface area contributed by atoms with E-state index in [-0.39, 0.29) is 0 Å². The van der Waals surface area contributed by atoms with E-state index in [4.69, 9.17) is 4.74 Å². The monoisotopic (exact) mass is 353 g/mol. The zero-order chi connectivity index (χ0) is 17.6. The lowest BCUT2D eigenvalue weighted by Gasteiger charge is -2.12. The lowest BCUT2D eigenvalue weighted by atomic mass is 10.2. The minimum atomic E-state index is 0.383. The third kappa shape index (κ3) is 4.63. The Kier molecular flexibility index (Phi) is 5.76. The molecule has 0 amide bonds. The van der Waals surface area contributed by atoms with Crippen LogP contribution in [0.2, 0.25) is 0 Å². The van der Waals surface area contributed by atoms with Gasteiger partial charge in [-0.15, -0.1) is 10.2 Å². The molecule has 3 aromatic rings. The van der Waals surface area contributed by atoms with Gasteiger partial charge in [-0.25, -0.2) is 0 Å². The molecule has 5 heteroatoms. The Morgan fingerprint density at radius 2 is 1.84 bits per heavy atom. The first-order valence-corrected chi connectivity index (χ1v) is 9.44. The Morgan fingerprint density at radius 3 is 2.56 bits per heavy atom. The quantitative estimate of drug-likeness (QED) is 0.566.